The molecule has 19 heavy (non-hydrogen) atoms. The van der Waals surface area contributed by atoms with Gasteiger partial charge in [-0.2, -0.15) is 0 Å². The van der Waals surface area contributed by atoms with Gasteiger partial charge in [-0.25, -0.2) is 8.78 Å². The normalized spacial score (nSPS) is 17.0. The lowest BCUT2D eigenvalue weighted by molar-refractivity contribution is -0.128. The van der Waals surface area contributed by atoms with E-state index < -0.39 is 24.4 Å². The highest BCUT2D eigenvalue weighted by Crippen LogP contribution is 2.48. The summed E-state index contributed by atoms with van der Waals surface area (Å²) in [6.45, 7) is -1.43. The van der Waals surface area contributed by atoms with Crippen LogP contribution >= 0.6 is 0 Å². The van der Waals surface area contributed by atoms with Crippen LogP contribution in [0.1, 0.15) is 18.4 Å². The van der Waals surface area contributed by atoms with E-state index in [0.29, 0.717) is 6.42 Å². The van der Waals surface area contributed by atoms with E-state index in [1.807, 2.05) is 30.3 Å². The van der Waals surface area contributed by atoms with Crippen LogP contribution in [0.5, 0.6) is 0 Å². The Morgan fingerprint density at radius 2 is 1.95 bits per heavy atom. The molecular weight excluding hydrogens is 250 g/mol. The van der Waals surface area contributed by atoms with Crippen molar-refractivity contribution in [1.29, 1.82) is 0 Å². The summed E-state index contributed by atoms with van der Waals surface area (Å²) in [5.41, 5.74) is 5.50. The third-order valence-corrected chi connectivity index (χ3v) is 3.53. The van der Waals surface area contributed by atoms with E-state index in [1.165, 1.54) is 0 Å². The Hall–Kier alpha value is -1.49. The fraction of sp³-hybridized carbons (Fsp3) is 0.500. The topological polar surface area (TPSA) is 55.1 Å². The Balaban J connectivity index is 1.92. The number of rotatable bonds is 6. The van der Waals surface area contributed by atoms with Crippen LogP contribution in [-0.2, 0) is 11.2 Å². The van der Waals surface area contributed by atoms with Gasteiger partial charge >= 0.3 is 0 Å². The quantitative estimate of drug-likeness (QED) is 0.825. The number of nitrogens with one attached hydrogen (secondary N) is 1. The molecule has 0 spiro atoms. The lowest BCUT2D eigenvalue weighted by Gasteiger charge is -2.19. The van der Waals surface area contributed by atoms with Gasteiger partial charge in [-0.15, -0.1) is 0 Å². The molecule has 0 saturated heterocycles. The van der Waals surface area contributed by atoms with Crippen molar-refractivity contribution in [3.05, 3.63) is 35.9 Å². The van der Waals surface area contributed by atoms with Gasteiger partial charge < -0.3 is 11.1 Å². The molecule has 1 aliphatic rings. The highest BCUT2D eigenvalue weighted by Gasteiger charge is 2.49. The Kier molecular flexibility index (Phi) is 3.85. The number of amides is 1. The minimum Gasteiger partial charge on any atom is -0.350 e. The third kappa shape index (κ3) is 3.50. The number of hydrogen-bond acceptors (Lipinski definition) is 2. The largest absolute Gasteiger partial charge is 0.350 e. The van der Waals surface area contributed by atoms with Crippen LogP contribution in [0.25, 0.3) is 0 Å². The average Bonchev–Trinajstić information content (AvgIpc) is 3.18. The fourth-order valence-electron chi connectivity index (χ4n) is 2.09. The second-order valence-electron chi connectivity index (χ2n) is 5.19. The number of hydrogen-bond donors (Lipinski definition) is 2. The molecule has 1 fully saturated rings. The Labute approximate surface area is 111 Å². The van der Waals surface area contributed by atoms with Crippen molar-refractivity contribution >= 4 is 5.91 Å². The van der Waals surface area contributed by atoms with E-state index in [-0.39, 0.29) is 5.91 Å². The standard InChI is InChI=1S/C14H18F2N2O/c15-14(16,9-17)10-18-12(19)13(6-7-13)8-11-4-2-1-3-5-11/h1-5H,6-10,17H2,(H,18,19). The van der Waals surface area contributed by atoms with E-state index in [0.717, 1.165) is 18.4 Å². The van der Waals surface area contributed by atoms with Gasteiger partial charge in [-0.3, -0.25) is 4.79 Å². The van der Waals surface area contributed by atoms with Crippen molar-refractivity contribution in [2.24, 2.45) is 11.1 Å². The summed E-state index contributed by atoms with van der Waals surface area (Å²) < 4.78 is 26.0. The number of carbonyl (C=O) groups is 1. The summed E-state index contributed by atoms with van der Waals surface area (Å²) in [6.07, 6.45) is 2.11. The lowest BCUT2D eigenvalue weighted by Crippen LogP contribution is -2.44. The van der Waals surface area contributed by atoms with Crippen LogP contribution in [0.2, 0.25) is 0 Å². The summed E-state index contributed by atoms with van der Waals surface area (Å²) >= 11 is 0. The molecule has 0 heterocycles. The summed E-state index contributed by atoms with van der Waals surface area (Å²) in [4.78, 5) is 12.0. The first-order valence-electron chi connectivity index (χ1n) is 6.38. The summed E-state index contributed by atoms with van der Waals surface area (Å²) in [7, 11) is 0. The number of carbonyl (C=O) groups excluding carboxylic acids is 1. The zero-order valence-corrected chi connectivity index (χ0v) is 10.7. The van der Waals surface area contributed by atoms with Gasteiger partial charge in [-0.05, 0) is 24.8 Å². The molecule has 1 amide bonds. The van der Waals surface area contributed by atoms with Crippen molar-refractivity contribution in [3.63, 3.8) is 0 Å². The SMILES string of the molecule is NCC(F)(F)CNC(=O)C1(Cc2ccccc2)CC1. The predicted molar refractivity (Wildman–Crippen MR) is 68.8 cm³/mol. The van der Waals surface area contributed by atoms with E-state index in [9.17, 15) is 13.6 Å². The number of alkyl halides is 2. The maximum Gasteiger partial charge on any atom is 0.277 e. The van der Waals surface area contributed by atoms with E-state index in [1.54, 1.807) is 0 Å². The fourth-order valence-corrected chi connectivity index (χ4v) is 2.09. The molecule has 0 aliphatic heterocycles. The highest BCUT2D eigenvalue weighted by atomic mass is 19.3. The van der Waals surface area contributed by atoms with Gasteiger partial charge in [0.1, 0.15) is 0 Å². The van der Waals surface area contributed by atoms with Crippen molar-refractivity contribution in [3.8, 4) is 0 Å². The molecule has 1 aromatic carbocycles. The molecule has 0 bridgehead atoms. The molecule has 1 aliphatic carbocycles. The van der Waals surface area contributed by atoms with E-state index >= 15 is 0 Å². The Morgan fingerprint density at radius 1 is 1.32 bits per heavy atom. The van der Waals surface area contributed by atoms with Gasteiger partial charge in [0.2, 0.25) is 5.91 Å². The highest BCUT2D eigenvalue weighted by molar-refractivity contribution is 5.85. The van der Waals surface area contributed by atoms with Gasteiger partial charge in [-0.1, -0.05) is 30.3 Å². The molecule has 3 nitrogen and oxygen atoms in total. The molecule has 2 rings (SSSR count). The van der Waals surface area contributed by atoms with Gasteiger partial charge in [0.05, 0.1) is 18.5 Å². The predicted octanol–water partition coefficient (Wildman–Crippen LogP) is 1.72. The van der Waals surface area contributed by atoms with Crippen molar-refractivity contribution in [2.75, 3.05) is 13.1 Å². The summed E-state index contributed by atoms with van der Waals surface area (Å²) in [5.74, 6) is -3.32. The number of benzene rings is 1. The minimum absolute atomic E-state index is 0.288. The third-order valence-electron chi connectivity index (χ3n) is 3.53. The zero-order valence-electron chi connectivity index (χ0n) is 10.7. The first-order valence-corrected chi connectivity index (χ1v) is 6.38. The molecule has 3 N–H and O–H groups in total. The lowest BCUT2D eigenvalue weighted by atomic mass is 9.95. The second kappa shape index (κ2) is 5.25. The van der Waals surface area contributed by atoms with Crippen LogP contribution in [0, 0.1) is 5.41 Å². The van der Waals surface area contributed by atoms with Gasteiger partial charge in [0.15, 0.2) is 0 Å². The number of nitrogens with two attached hydrogens (primary N) is 1. The first kappa shape index (κ1) is 13.9. The van der Waals surface area contributed by atoms with Crippen LogP contribution in [0.4, 0.5) is 8.78 Å². The van der Waals surface area contributed by atoms with Gasteiger partial charge in [0.25, 0.3) is 5.92 Å². The van der Waals surface area contributed by atoms with Crippen LogP contribution in [-0.4, -0.2) is 24.9 Å². The maximum atomic E-state index is 13.0. The first-order chi connectivity index (χ1) is 8.97. The zero-order chi connectivity index (χ0) is 13.9. The molecule has 5 heteroatoms. The van der Waals surface area contributed by atoms with Crippen molar-refractivity contribution in [1.82, 2.24) is 5.32 Å². The monoisotopic (exact) mass is 268 g/mol. The smallest absolute Gasteiger partial charge is 0.277 e. The van der Waals surface area contributed by atoms with Crippen molar-refractivity contribution < 1.29 is 13.6 Å². The van der Waals surface area contributed by atoms with Crippen LogP contribution < -0.4 is 11.1 Å². The summed E-state index contributed by atoms with van der Waals surface area (Å²) in [6, 6.07) is 9.62. The Morgan fingerprint density at radius 3 is 2.47 bits per heavy atom. The molecule has 0 unspecified atom stereocenters. The van der Waals surface area contributed by atoms with Crippen LogP contribution in [0.15, 0.2) is 30.3 Å². The summed E-state index contributed by atoms with van der Waals surface area (Å²) in [5, 5.41) is 2.33. The average molecular weight is 268 g/mol. The molecule has 104 valence electrons. The van der Waals surface area contributed by atoms with E-state index in [2.05, 4.69) is 5.32 Å². The molecule has 0 atom stereocenters. The second-order valence-corrected chi connectivity index (χ2v) is 5.19. The van der Waals surface area contributed by atoms with Crippen molar-refractivity contribution in [2.45, 2.75) is 25.2 Å². The molecule has 1 saturated carbocycles. The molecule has 0 aromatic heterocycles. The minimum atomic E-state index is -3.03. The maximum absolute atomic E-state index is 13.0. The van der Waals surface area contributed by atoms with E-state index in [4.69, 9.17) is 5.73 Å². The molecular formula is C14H18F2N2O. The van der Waals surface area contributed by atoms with Gasteiger partial charge in [0, 0.05) is 0 Å². The Bertz CT molecular complexity index is 444. The molecule has 0 radical (unpaired) electrons. The van der Waals surface area contributed by atoms with Crippen LogP contribution in [0.3, 0.4) is 0 Å². The molecule has 1 aromatic rings. The number of halogens is 2.